The second-order valence-corrected chi connectivity index (χ2v) is 6.45. The van der Waals surface area contributed by atoms with Crippen LogP contribution in [0.2, 0.25) is 0 Å². The van der Waals surface area contributed by atoms with Crippen LogP contribution < -0.4 is 5.32 Å². The molecule has 6 nitrogen and oxygen atoms in total. The average molecular weight is 288 g/mol. The number of aromatic carboxylic acids is 1. The summed E-state index contributed by atoms with van der Waals surface area (Å²) in [4.78, 5) is 21.4. The number of hydrogen-bond donors (Lipinski definition) is 2. The van der Waals surface area contributed by atoms with Gasteiger partial charge in [0.1, 0.15) is 5.56 Å². The van der Waals surface area contributed by atoms with Crippen molar-refractivity contribution in [2.75, 3.05) is 5.32 Å². The number of anilines is 1. The van der Waals surface area contributed by atoms with E-state index in [2.05, 4.69) is 5.32 Å². The van der Waals surface area contributed by atoms with E-state index in [9.17, 15) is 14.9 Å². The number of nitrogens with one attached hydrogen (secondary N) is 1. The van der Waals surface area contributed by atoms with Crippen molar-refractivity contribution in [3.8, 4) is 0 Å². The van der Waals surface area contributed by atoms with Crippen molar-refractivity contribution in [1.82, 2.24) is 0 Å². The Balaban J connectivity index is 1.55. The number of nitro benzene ring substituents is 1. The van der Waals surface area contributed by atoms with Crippen molar-refractivity contribution < 1.29 is 14.8 Å². The standard InChI is InChI=1S/C15H16N2O4/c18-15(19)10-6-9(3-4-11(10)17(20)21)16-14-12-7-1-2-8(5-7)13(12)14/h3-4,6-8,12-14,16H,1-2,5H2,(H,18,19). The molecule has 3 fully saturated rings. The van der Waals surface area contributed by atoms with Gasteiger partial charge >= 0.3 is 5.97 Å². The van der Waals surface area contributed by atoms with Crippen molar-refractivity contribution in [1.29, 1.82) is 0 Å². The number of carboxylic acids is 1. The van der Waals surface area contributed by atoms with Crippen LogP contribution in [0.25, 0.3) is 0 Å². The summed E-state index contributed by atoms with van der Waals surface area (Å²) in [5.74, 6) is 1.85. The van der Waals surface area contributed by atoms with E-state index in [1.165, 1.54) is 31.4 Å². The zero-order chi connectivity index (χ0) is 14.7. The molecule has 0 radical (unpaired) electrons. The Morgan fingerprint density at radius 1 is 1.29 bits per heavy atom. The minimum atomic E-state index is -1.26. The highest BCUT2D eigenvalue weighted by atomic mass is 16.6. The van der Waals surface area contributed by atoms with Gasteiger partial charge in [-0.3, -0.25) is 10.1 Å². The molecule has 3 aliphatic carbocycles. The van der Waals surface area contributed by atoms with E-state index in [0.717, 1.165) is 23.7 Å². The fourth-order valence-corrected chi connectivity index (χ4v) is 4.67. The molecule has 0 aromatic heterocycles. The summed E-state index contributed by atoms with van der Waals surface area (Å²) >= 11 is 0. The zero-order valence-corrected chi connectivity index (χ0v) is 11.4. The minimum Gasteiger partial charge on any atom is -0.477 e. The Hall–Kier alpha value is -2.11. The van der Waals surface area contributed by atoms with Crippen LogP contribution in [0.4, 0.5) is 11.4 Å². The van der Waals surface area contributed by atoms with E-state index >= 15 is 0 Å². The molecular weight excluding hydrogens is 272 g/mol. The predicted molar refractivity (Wildman–Crippen MR) is 75.3 cm³/mol. The Morgan fingerprint density at radius 2 is 1.95 bits per heavy atom. The van der Waals surface area contributed by atoms with Gasteiger partial charge in [-0.05, 0) is 55.1 Å². The molecule has 6 heteroatoms. The van der Waals surface area contributed by atoms with Gasteiger partial charge < -0.3 is 10.4 Å². The quantitative estimate of drug-likeness (QED) is 0.656. The molecule has 0 amide bonds. The smallest absolute Gasteiger partial charge is 0.342 e. The molecule has 4 atom stereocenters. The lowest BCUT2D eigenvalue weighted by Gasteiger charge is -2.12. The monoisotopic (exact) mass is 288 g/mol. The maximum atomic E-state index is 11.2. The summed E-state index contributed by atoms with van der Waals surface area (Å²) in [6.07, 6.45) is 4.00. The number of nitrogens with zero attached hydrogens (tertiary/aromatic N) is 1. The van der Waals surface area contributed by atoms with Crippen molar-refractivity contribution in [2.45, 2.75) is 25.3 Å². The Bertz CT molecular complexity index is 629. The lowest BCUT2D eigenvalue weighted by Crippen LogP contribution is -2.13. The van der Waals surface area contributed by atoms with E-state index in [-0.39, 0.29) is 11.3 Å². The highest BCUT2D eigenvalue weighted by molar-refractivity contribution is 5.93. The summed E-state index contributed by atoms with van der Waals surface area (Å²) in [6.45, 7) is 0. The van der Waals surface area contributed by atoms with E-state index in [4.69, 9.17) is 5.11 Å². The molecule has 0 aliphatic heterocycles. The number of nitro groups is 1. The molecular formula is C15H16N2O4. The number of rotatable bonds is 4. The van der Waals surface area contributed by atoms with Gasteiger partial charge in [-0.25, -0.2) is 4.79 Å². The van der Waals surface area contributed by atoms with Gasteiger partial charge in [0, 0.05) is 17.8 Å². The van der Waals surface area contributed by atoms with Gasteiger partial charge in [0.25, 0.3) is 5.69 Å². The molecule has 1 aromatic carbocycles. The van der Waals surface area contributed by atoms with Crippen LogP contribution in [0.5, 0.6) is 0 Å². The van der Waals surface area contributed by atoms with Gasteiger partial charge in [0.15, 0.2) is 0 Å². The maximum Gasteiger partial charge on any atom is 0.342 e. The Kier molecular flexibility index (Phi) is 2.52. The van der Waals surface area contributed by atoms with Crippen molar-refractivity contribution in [3.63, 3.8) is 0 Å². The highest BCUT2D eigenvalue weighted by Crippen LogP contribution is 2.66. The van der Waals surface area contributed by atoms with Crippen LogP contribution in [0, 0.1) is 33.8 Å². The van der Waals surface area contributed by atoms with Crippen LogP contribution in [0.3, 0.4) is 0 Å². The lowest BCUT2D eigenvalue weighted by atomic mass is 10.0. The molecule has 2 N–H and O–H groups in total. The zero-order valence-electron chi connectivity index (χ0n) is 11.4. The maximum absolute atomic E-state index is 11.2. The molecule has 4 rings (SSSR count). The molecule has 3 saturated carbocycles. The molecule has 2 bridgehead atoms. The van der Waals surface area contributed by atoms with Gasteiger partial charge in [-0.1, -0.05) is 0 Å². The first-order valence-electron chi connectivity index (χ1n) is 7.34. The molecule has 0 saturated heterocycles. The summed E-state index contributed by atoms with van der Waals surface area (Å²) in [5, 5.41) is 23.4. The number of carboxylic acid groups (broad SMARTS) is 1. The summed E-state index contributed by atoms with van der Waals surface area (Å²) in [7, 11) is 0. The molecule has 3 aliphatic rings. The summed E-state index contributed by atoms with van der Waals surface area (Å²) < 4.78 is 0. The van der Waals surface area contributed by atoms with Crippen LogP contribution in [0.1, 0.15) is 29.6 Å². The van der Waals surface area contributed by atoms with E-state index in [0.29, 0.717) is 11.7 Å². The molecule has 21 heavy (non-hydrogen) atoms. The molecule has 0 heterocycles. The largest absolute Gasteiger partial charge is 0.477 e. The first kappa shape index (κ1) is 12.6. The van der Waals surface area contributed by atoms with Crippen molar-refractivity contribution >= 4 is 17.3 Å². The number of fused-ring (bicyclic) bond motifs is 5. The third kappa shape index (κ3) is 1.81. The fourth-order valence-electron chi connectivity index (χ4n) is 4.67. The summed E-state index contributed by atoms with van der Waals surface area (Å²) in [5.41, 5.74) is 0.0692. The minimum absolute atomic E-state index is 0.251. The normalized spacial score (nSPS) is 35.3. The average Bonchev–Trinajstić information content (AvgIpc) is 2.83. The van der Waals surface area contributed by atoms with E-state index in [1.807, 2.05) is 0 Å². The van der Waals surface area contributed by atoms with Crippen molar-refractivity contribution in [3.05, 3.63) is 33.9 Å². The number of benzene rings is 1. The van der Waals surface area contributed by atoms with Crippen LogP contribution in [0.15, 0.2) is 18.2 Å². The Labute approximate surface area is 121 Å². The van der Waals surface area contributed by atoms with Gasteiger partial charge in [-0.2, -0.15) is 0 Å². The predicted octanol–water partition coefficient (Wildman–Crippen LogP) is 2.75. The first-order valence-corrected chi connectivity index (χ1v) is 7.34. The van der Waals surface area contributed by atoms with E-state index in [1.54, 1.807) is 6.07 Å². The van der Waals surface area contributed by atoms with Gasteiger partial charge in [-0.15, -0.1) is 0 Å². The van der Waals surface area contributed by atoms with Crippen LogP contribution in [-0.4, -0.2) is 22.0 Å². The second kappa shape index (κ2) is 4.19. The molecule has 110 valence electrons. The number of carbonyl (C=O) groups is 1. The van der Waals surface area contributed by atoms with E-state index < -0.39 is 10.9 Å². The van der Waals surface area contributed by atoms with Gasteiger partial charge in [0.05, 0.1) is 4.92 Å². The van der Waals surface area contributed by atoms with Crippen LogP contribution >= 0.6 is 0 Å². The summed E-state index contributed by atoms with van der Waals surface area (Å²) in [6, 6.07) is 4.70. The molecule has 1 aromatic rings. The molecule has 0 spiro atoms. The van der Waals surface area contributed by atoms with Crippen molar-refractivity contribution in [2.24, 2.45) is 23.7 Å². The van der Waals surface area contributed by atoms with Crippen LogP contribution in [-0.2, 0) is 0 Å². The second-order valence-electron chi connectivity index (χ2n) is 6.45. The SMILES string of the molecule is O=C(O)c1cc(NC2C3C4CCC(C4)C23)ccc1[N+](=O)[O-]. The fraction of sp³-hybridized carbons (Fsp3) is 0.533. The highest BCUT2D eigenvalue weighted by Gasteiger charge is 2.64. The first-order chi connectivity index (χ1) is 10.1. The third-order valence-corrected chi connectivity index (χ3v) is 5.49. The topological polar surface area (TPSA) is 92.5 Å². The molecule has 4 unspecified atom stereocenters. The Morgan fingerprint density at radius 3 is 2.52 bits per heavy atom. The number of hydrogen-bond acceptors (Lipinski definition) is 4. The van der Waals surface area contributed by atoms with Gasteiger partial charge in [0.2, 0.25) is 0 Å². The lowest BCUT2D eigenvalue weighted by molar-refractivity contribution is -0.385. The third-order valence-electron chi connectivity index (χ3n) is 5.49.